The van der Waals surface area contributed by atoms with E-state index >= 15 is 0 Å². The molecule has 0 saturated carbocycles. The fourth-order valence-electron chi connectivity index (χ4n) is 0. The van der Waals surface area contributed by atoms with Gasteiger partial charge in [-0.15, -0.1) is 0 Å². The molecular weight excluding hydrogens is 322 g/mol. The van der Waals surface area contributed by atoms with Crippen molar-refractivity contribution in [2.24, 2.45) is 0 Å². The van der Waals surface area contributed by atoms with Crippen LogP contribution in [0.25, 0.3) is 0 Å². The van der Waals surface area contributed by atoms with Crippen molar-refractivity contribution in [3.8, 4) is 0 Å². The average Bonchev–Trinajstić information content (AvgIpc) is 1.62. The minimum atomic E-state index is -0.500. The first kappa shape index (κ1) is 33.2. The second-order valence-electron chi connectivity index (χ2n) is 8.68. The van der Waals surface area contributed by atoms with Gasteiger partial charge >= 0.3 is 0 Å². The van der Waals surface area contributed by atoms with Crippen molar-refractivity contribution >= 4 is 0 Å². The molecule has 0 heterocycles. The van der Waals surface area contributed by atoms with Crippen molar-refractivity contribution in [3.63, 3.8) is 0 Å². The molecule has 130 valence electrons. The third-order valence-corrected chi connectivity index (χ3v) is 0. The van der Waals surface area contributed by atoms with Gasteiger partial charge in [0.2, 0.25) is 0 Å². The maximum absolute atomic E-state index is 8.52. The maximum atomic E-state index is 8.52. The first-order valence-electron chi connectivity index (χ1n) is 6.89. The Bertz CT molecular complexity index is 130. The summed E-state index contributed by atoms with van der Waals surface area (Å²) in [6.45, 7) is 20.9. The van der Waals surface area contributed by atoms with Crippen molar-refractivity contribution in [3.05, 3.63) is 0 Å². The van der Waals surface area contributed by atoms with Crippen molar-refractivity contribution in [2.45, 2.75) is 105 Å². The van der Waals surface area contributed by atoms with Crippen LogP contribution in [-0.4, -0.2) is 42.8 Å². The summed E-state index contributed by atoms with van der Waals surface area (Å²) in [4.78, 5) is 0. The Balaban J connectivity index is -0.0000000533. The molecule has 4 N–H and O–H groups in total. The van der Waals surface area contributed by atoms with Crippen LogP contribution in [0, 0.1) is 0 Å². The number of aliphatic hydroxyl groups is 4. The maximum Gasteiger partial charge on any atom is 0.0563 e. The minimum Gasteiger partial charge on any atom is -0.391 e. The molecule has 0 aliphatic rings. The largest absolute Gasteiger partial charge is 0.391 e. The third kappa shape index (κ3) is 32500. The fourth-order valence-corrected chi connectivity index (χ4v) is 0. The van der Waals surface area contributed by atoms with Crippen LogP contribution in [0.5, 0.6) is 0 Å². The Morgan fingerprint density at radius 3 is 0.333 bits per heavy atom. The van der Waals surface area contributed by atoms with Gasteiger partial charge in [0.25, 0.3) is 0 Å². The Morgan fingerprint density at radius 2 is 0.333 bits per heavy atom. The van der Waals surface area contributed by atoms with Crippen molar-refractivity contribution in [2.75, 3.05) is 0 Å². The van der Waals surface area contributed by atoms with E-state index in [0.29, 0.717) is 0 Å². The van der Waals surface area contributed by atoms with E-state index in [0.717, 1.165) is 0 Å². The molecule has 21 heavy (non-hydrogen) atoms. The normalized spacial score (nSPS) is 11.4. The van der Waals surface area contributed by atoms with Gasteiger partial charge in [-0.1, -0.05) is 0 Å². The van der Waals surface area contributed by atoms with Gasteiger partial charge < -0.3 is 20.4 Å². The zero-order valence-electron chi connectivity index (χ0n) is 16.5. The zero-order valence-corrected chi connectivity index (χ0v) is 19.5. The number of hydrogen-bond donors (Lipinski definition) is 4. The molecule has 0 aliphatic carbocycles. The smallest absolute Gasteiger partial charge is 0.0563 e. The molecular formula is C16H40O4Zn. The zero-order chi connectivity index (χ0) is 18.0. The van der Waals surface area contributed by atoms with Crippen LogP contribution in [0.4, 0.5) is 0 Å². The predicted octanol–water partition coefficient (Wildman–Crippen LogP) is 3.11. The summed E-state index contributed by atoms with van der Waals surface area (Å²) in [7, 11) is 0. The van der Waals surface area contributed by atoms with Crippen LogP contribution in [0.3, 0.4) is 0 Å². The van der Waals surface area contributed by atoms with E-state index in [1.165, 1.54) is 0 Å². The quantitative estimate of drug-likeness (QED) is 0.500. The van der Waals surface area contributed by atoms with E-state index in [-0.39, 0.29) is 19.5 Å². The SMILES string of the molecule is CC(C)(C)O.CC(C)(C)O.CC(C)(C)O.CC(C)(C)O.[Zn]. The number of rotatable bonds is 0. The Morgan fingerprint density at radius 1 is 0.333 bits per heavy atom. The molecule has 0 rings (SSSR count). The van der Waals surface area contributed by atoms with Crippen molar-refractivity contribution in [1.82, 2.24) is 0 Å². The molecule has 0 radical (unpaired) electrons. The third-order valence-electron chi connectivity index (χ3n) is 0. The van der Waals surface area contributed by atoms with Gasteiger partial charge in [0.15, 0.2) is 0 Å². The molecule has 0 saturated heterocycles. The number of hydrogen-bond acceptors (Lipinski definition) is 4. The Labute approximate surface area is 145 Å². The minimum absolute atomic E-state index is 0. The molecule has 0 aromatic heterocycles. The van der Waals surface area contributed by atoms with Crippen LogP contribution in [0.2, 0.25) is 0 Å². The molecule has 0 aromatic carbocycles. The topological polar surface area (TPSA) is 80.9 Å². The van der Waals surface area contributed by atoms with Gasteiger partial charge in [-0.3, -0.25) is 0 Å². The van der Waals surface area contributed by atoms with Gasteiger partial charge in [-0.05, 0) is 83.1 Å². The monoisotopic (exact) mass is 360 g/mol. The Kier molecular flexibility index (Phi) is 20.5. The summed E-state index contributed by atoms with van der Waals surface area (Å²) >= 11 is 0. The second-order valence-corrected chi connectivity index (χ2v) is 8.68. The summed E-state index contributed by atoms with van der Waals surface area (Å²) in [5.41, 5.74) is -2.00. The molecule has 0 aromatic rings. The predicted molar refractivity (Wildman–Crippen MR) is 87.9 cm³/mol. The molecule has 0 atom stereocenters. The molecule has 0 unspecified atom stereocenters. The van der Waals surface area contributed by atoms with Crippen molar-refractivity contribution < 1.29 is 39.9 Å². The molecule has 0 fully saturated rings. The average molecular weight is 362 g/mol. The van der Waals surface area contributed by atoms with E-state index in [1.807, 2.05) is 0 Å². The van der Waals surface area contributed by atoms with Gasteiger partial charge in [-0.25, -0.2) is 0 Å². The first-order valence-corrected chi connectivity index (χ1v) is 6.89. The molecule has 0 spiro atoms. The summed E-state index contributed by atoms with van der Waals surface area (Å²) in [5, 5.41) is 34.1. The standard InChI is InChI=1S/4C4H10O.Zn/c4*1-4(2,3)5;/h4*5H,1-3H3;. The van der Waals surface area contributed by atoms with E-state index in [1.54, 1.807) is 83.1 Å². The van der Waals surface area contributed by atoms with Crippen LogP contribution in [0.15, 0.2) is 0 Å². The van der Waals surface area contributed by atoms with Gasteiger partial charge in [0.1, 0.15) is 0 Å². The van der Waals surface area contributed by atoms with Crippen LogP contribution < -0.4 is 0 Å². The molecule has 0 bridgehead atoms. The Hall–Kier alpha value is 0.463. The fraction of sp³-hybridized carbons (Fsp3) is 1.00. The molecule has 4 nitrogen and oxygen atoms in total. The van der Waals surface area contributed by atoms with E-state index in [4.69, 9.17) is 20.4 Å². The molecule has 5 heteroatoms. The van der Waals surface area contributed by atoms with Gasteiger partial charge in [-0.2, -0.15) is 0 Å². The van der Waals surface area contributed by atoms with Crippen LogP contribution >= 0.6 is 0 Å². The van der Waals surface area contributed by atoms with Crippen LogP contribution in [-0.2, 0) is 19.5 Å². The summed E-state index contributed by atoms with van der Waals surface area (Å²) in [6.07, 6.45) is 0. The van der Waals surface area contributed by atoms with Crippen molar-refractivity contribution in [1.29, 1.82) is 0 Å². The van der Waals surface area contributed by atoms with E-state index in [9.17, 15) is 0 Å². The van der Waals surface area contributed by atoms with E-state index < -0.39 is 22.4 Å². The van der Waals surface area contributed by atoms with Gasteiger partial charge in [0.05, 0.1) is 22.4 Å². The summed E-state index contributed by atoms with van der Waals surface area (Å²) in [5.74, 6) is 0. The first-order chi connectivity index (χ1) is 8.00. The van der Waals surface area contributed by atoms with Crippen LogP contribution in [0.1, 0.15) is 83.1 Å². The molecule has 0 aliphatic heterocycles. The second kappa shape index (κ2) is 13.0. The van der Waals surface area contributed by atoms with E-state index in [2.05, 4.69) is 0 Å². The van der Waals surface area contributed by atoms with Gasteiger partial charge in [0, 0.05) is 19.5 Å². The summed E-state index contributed by atoms with van der Waals surface area (Å²) < 4.78 is 0. The molecule has 0 amide bonds. The summed E-state index contributed by atoms with van der Waals surface area (Å²) in [6, 6.07) is 0.